The third kappa shape index (κ3) is 1.87. The van der Waals surface area contributed by atoms with Gasteiger partial charge in [-0.05, 0) is 19.9 Å². The van der Waals surface area contributed by atoms with Crippen molar-refractivity contribution in [1.82, 2.24) is 24.6 Å². The third-order valence-electron chi connectivity index (χ3n) is 3.73. The number of piperidine rings is 1. The van der Waals surface area contributed by atoms with Crippen molar-refractivity contribution in [2.45, 2.75) is 24.9 Å². The van der Waals surface area contributed by atoms with Gasteiger partial charge in [-0.25, -0.2) is 9.97 Å². The Morgan fingerprint density at radius 2 is 2.17 bits per heavy atom. The van der Waals surface area contributed by atoms with Gasteiger partial charge in [-0.2, -0.15) is 5.10 Å². The van der Waals surface area contributed by atoms with Crippen LogP contribution in [0.15, 0.2) is 12.4 Å². The van der Waals surface area contributed by atoms with Crippen LogP contribution in [0.3, 0.4) is 0 Å². The normalized spacial score (nSPS) is 25.7. The summed E-state index contributed by atoms with van der Waals surface area (Å²) < 4.78 is 1.79. The zero-order valence-corrected chi connectivity index (χ0v) is 10.7. The minimum absolute atomic E-state index is 0.221. The number of nitrogens with zero attached hydrogens (tertiary/aromatic N) is 5. The van der Waals surface area contributed by atoms with Gasteiger partial charge in [0.15, 0.2) is 0 Å². The number of aryl methyl sites for hydroxylation is 1. The zero-order chi connectivity index (χ0) is 12.7. The van der Waals surface area contributed by atoms with Gasteiger partial charge in [-0.15, -0.1) is 0 Å². The number of likely N-dealkylation sites (tertiary alicyclic amines) is 1. The first-order chi connectivity index (χ1) is 8.65. The van der Waals surface area contributed by atoms with E-state index in [0.29, 0.717) is 0 Å². The Balaban J connectivity index is 1.97. The molecule has 0 saturated carbocycles. The minimum atomic E-state index is 0.221. The summed E-state index contributed by atoms with van der Waals surface area (Å²) in [6, 6.07) is 0.470. The van der Waals surface area contributed by atoms with Crippen molar-refractivity contribution in [1.29, 1.82) is 0 Å². The lowest BCUT2D eigenvalue weighted by Gasteiger charge is -2.34. The van der Waals surface area contributed by atoms with Crippen LogP contribution in [0.5, 0.6) is 0 Å². The van der Waals surface area contributed by atoms with Crippen molar-refractivity contribution >= 4 is 11.0 Å². The molecule has 3 rings (SSSR count). The van der Waals surface area contributed by atoms with Crippen molar-refractivity contribution in [2.75, 3.05) is 13.6 Å². The maximum Gasteiger partial charge on any atom is 0.146 e. The number of nitrogens with two attached hydrogens (primary N) is 1. The van der Waals surface area contributed by atoms with Gasteiger partial charge < -0.3 is 5.73 Å². The van der Waals surface area contributed by atoms with Crippen molar-refractivity contribution in [3.63, 3.8) is 0 Å². The van der Waals surface area contributed by atoms with Gasteiger partial charge in [0.1, 0.15) is 16.9 Å². The largest absolute Gasteiger partial charge is 0.328 e. The molecule has 18 heavy (non-hydrogen) atoms. The lowest BCUT2D eigenvalue weighted by Crippen LogP contribution is -2.40. The van der Waals surface area contributed by atoms with E-state index in [2.05, 4.69) is 27.0 Å². The Kier molecular flexibility index (Phi) is 2.76. The molecule has 0 bridgehead atoms. The molecule has 2 aromatic rings. The molecule has 1 aliphatic heterocycles. The summed E-state index contributed by atoms with van der Waals surface area (Å²) in [4.78, 5) is 11.4. The molecule has 96 valence electrons. The summed E-state index contributed by atoms with van der Waals surface area (Å²) >= 11 is 0. The van der Waals surface area contributed by atoms with Crippen molar-refractivity contribution in [2.24, 2.45) is 12.8 Å². The summed E-state index contributed by atoms with van der Waals surface area (Å²) in [7, 11) is 4.00. The van der Waals surface area contributed by atoms with Gasteiger partial charge in [-0.1, -0.05) is 0 Å². The van der Waals surface area contributed by atoms with E-state index >= 15 is 0 Å². The van der Waals surface area contributed by atoms with Crippen LogP contribution in [0.1, 0.15) is 24.7 Å². The molecule has 0 spiro atoms. The van der Waals surface area contributed by atoms with E-state index < -0.39 is 0 Å². The lowest BCUT2D eigenvalue weighted by molar-refractivity contribution is 0.164. The Labute approximate surface area is 106 Å². The Hall–Kier alpha value is -1.53. The highest BCUT2D eigenvalue weighted by Crippen LogP contribution is 2.27. The second-order valence-corrected chi connectivity index (χ2v) is 5.05. The zero-order valence-electron chi connectivity index (χ0n) is 10.7. The molecule has 2 atom stereocenters. The third-order valence-corrected chi connectivity index (χ3v) is 3.73. The molecule has 1 saturated heterocycles. The minimum Gasteiger partial charge on any atom is -0.328 e. The predicted molar refractivity (Wildman–Crippen MR) is 68.9 cm³/mol. The van der Waals surface area contributed by atoms with Crippen LogP contribution in [0.2, 0.25) is 0 Å². The van der Waals surface area contributed by atoms with E-state index in [0.717, 1.165) is 36.2 Å². The van der Waals surface area contributed by atoms with E-state index in [1.807, 2.05) is 13.2 Å². The van der Waals surface area contributed by atoms with Crippen LogP contribution >= 0.6 is 0 Å². The van der Waals surface area contributed by atoms with E-state index in [-0.39, 0.29) is 12.1 Å². The first kappa shape index (κ1) is 11.6. The van der Waals surface area contributed by atoms with Crippen LogP contribution in [0, 0.1) is 0 Å². The standard InChI is InChI=1S/C12H18N6/c1-17-4-3-8(13)5-10(17)12-14-7-11-9(16-12)6-15-18(11)2/h6-8,10H,3-5,13H2,1-2H3. The van der Waals surface area contributed by atoms with E-state index in [1.165, 1.54) is 0 Å². The molecule has 2 aromatic heterocycles. The van der Waals surface area contributed by atoms with E-state index in [9.17, 15) is 0 Å². The highest BCUT2D eigenvalue weighted by Gasteiger charge is 2.27. The SMILES string of the molecule is CN1CCC(N)CC1c1ncc2c(cnn2C)n1. The van der Waals surface area contributed by atoms with Crippen LogP contribution < -0.4 is 5.73 Å². The molecule has 1 fully saturated rings. The lowest BCUT2D eigenvalue weighted by atomic mass is 9.98. The predicted octanol–water partition coefficient (Wildman–Crippen LogP) is 0.457. The van der Waals surface area contributed by atoms with Gasteiger partial charge in [0.2, 0.25) is 0 Å². The number of hydrogen-bond acceptors (Lipinski definition) is 5. The summed E-state index contributed by atoms with van der Waals surface area (Å²) in [5.74, 6) is 0.855. The molecule has 6 nitrogen and oxygen atoms in total. The molecule has 0 aliphatic carbocycles. The monoisotopic (exact) mass is 246 g/mol. The topological polar surface area (TPSA) is 72.9 Å². The Morgan fingerprint density at radius 3 is 3.00 bits per heavy atom. The van der Waals surface area contributed by atoms with Crippen LogP contribution in [-0.4, -0.2) is 44.3 Å². The molecule has 1 aliphatic rings. The van der Waals surface area contributed by atoms with Crippen molar-refractivity contribution < 1.29 is 0 Å². The van der Waals surface area contributed by atoms with Crippen LogP contribution in [0.25, 0.3) is 11.0 Å². The average molecular weight is 246 g/mol. The average Bonchev–Trinajstić information content (AvgIpc) is 2.74. The van der Waals surface area contributed by atoms with Gasteiger partial charge >= 0.3 is 0 Å². The fraction of sp³-hybridized carbons (Fsp3) is 0.583. The van der Waals surface area contributed by atoms with Crippen molar-refractivity contribution in [3.05, 3.63) is 18.2 Å². The smallest absolute Gasteiger partial charge is 0.146 e. The van der Waals surface area contributed by atoms with E-state index in [4.69, 9.17) is 5.73 Å². The number of rotatable bonds is 1. The van der Waals surface area contributed by atoms with Gasteiger partial charge in [0.25, 0.3) is 0 Å². The highest BCUT2D eigenvalue weighted by molar-refractivity contribution is 5.72. The molecule has 2 N–H and O–H groups in total. The maximum absolute atomic E-state index is 6.04. The molecule has 2 unspecified atom stereocenters. The molecule has 6 heteroatoms. The second-order valence-electron chi connectivity index (χ2n) is 5.05. The molecule has 3 heterocycles. The van der Waals surface area contributed by atoms with Gasteiger partial charge in [-0.3, -0.25) is 9.58 Å². The summed E-state index contributed by atoms with van der Waals surface area (Å²) in [5, 5.41) is 4.19. The summed E-state index contributed by atoms with van der Waals surface area (Å²) in [6.07, 6.45) is 5.59. The van der Waals surface area contributed by atoms with Crippen molar-refractivity contribution in [3.8, 4) is 0 Å². The molecular weight excluding hydrogens is 228 g/mol. The first-order valence-corrected chi connectivity index (χ1v) is 6.25. The number of aromatic nitrogens is 4. The van der Waals surface area contributed by atoms with E-state index in [1.54, 1.807) is 10.9 Å². The summed E-state index contributed by atoms with van der Waals surface area (Å²) in [5.41, 5.74) is 7.90. The Morgan fingerprint density at radius 1 is 1.33 bits per heavy atom. The summed E-state index contributed by atoms with van der Waals surface area (Å²) in [6.45, 7) is 1.00. The highest BCUT2D eigenvalue weighted by atomic mass is 15.3. The molecular formula is C12H18N6. The molecule has 0 radical (unpaired) electrons. The van der Waals surface area contributed by atoms with Gasteiger partial charge in [0, 0.05) is 19.6 Å². The second kappa shape index (κ2) is 4.29. The molecule has 0 amide bonds. The number of hydrogen-bond donors (Lipinski definition) is 1. The Bertz CT molecular complexity index is 563. The maximum atomic E-state index is 6.04. The fourth-order valence-corrected chi connectivity index (χ4v) is 2.52. The fourth-order valence-electron chi connectivity index (χ4n) is 2.52. The number of fused-ring (bicyclic) bond motifs is 1. The quantitative estimate of drug-likeness (QED) is 0.791. The molecule has 0 aromatic carbocycles. The van der Waals surface area contributed by atoms with Crippen LogP contribution in [0.4, 0.5) is 0 Å². The van der Waals surface area contributed by atoms with Crippen LogP contribution in [-0.2, 0) is 7.05 Å². The first-order valence-electron chi connectivity index (χ1n) is 6.25. The van der Waals surface area contributed by atoms with Gasteiger partial charge in [0.05, 0.1) is 18.4 Å².